The number of halogens is 1. The van der Waals surface area contributed by atoms with Crippen LogP contribution < -0.4 is 0 Å². The van der Waals surface area contributed by atoms with Crippen molar-refractivity contribution in [2.75, 3.05) is 6.61 Å². The molecule has 4 heteroatoms. The van der Waals surface area contributed by atoms with E-state index in [0.29, 0.717) is 11.1 Å². The molecule has 0 aliphatic heterocycles. The maximum absolute atomic E-state index is 11.8. The monoisotopic (exact) mass is 266 g/mol. The molecule has 0 spiro atoms. The summed E-state index contributed by atoms with van der Waals surface area (Å²) >= 11 is 3.04. The maximum Gasteiger partial charge on any atom is 0.201 e. The normalized spacial score (nSPS) is 15.6. The summed E-state index contributed by atoms with van der Waals surface area (Å²) in [4.78, 5) is 23.6. The molecule has 0 bridgehead atoms. The molecule has 15 heavy (non-hydrogen) atoms. The fraction of sp³-hybridized carbons (Fsp3) is 0.0909. The predicted octanol–water partition coefficient (Wildman–Crippen LogP) is 1.71. The third-order valence-electron chi connectivity index (χ3n) is 2.31. The van der Waals surface area contributed by atoms with Gasteiger partial charge in [0.25, 0.3) is 0 Å². The zero-order valence-corrected chi connectivity index (χ0v) is 9.24. The lowest BCUT2D eigenvalue weighted by Crippen LogP contribution is -2.21. The van der Waals surface area contributed by atoms with Crippen molar-refractivity contribution in [2.45, 2.75) is 0 Å². The van der Waals surface area contributed by atoms with Crippen LogP contribution >= 0.6 is 15.9 Å². The highest BCUT2D eigenvalue weighted by atomic mass is 79.9. The minimum atomic E-state index is -0.431. The Labute approximate surface area is 94.5 Å². The lowest BCUT2D eigenvalue weighted by molar-refractivity contribution is 0.0970. The third-order valence-corrected chi connectivity index (χ3v) is 3.15. The Balaban J connectivity index is 2.68. The van der Waals surface area contributed by atoms with E-state index in [9.17, 15) is 9.59 Å². The van der Waals surface area contributed by atoms with Crippen molar-refractivity contribution in [2.24, 2.45) is 0 Å². The molecule has 1 aromatic carbocycles. The van der Waals surface area contributed by atoms with E-state index in [1.165, 1.54) is 0 Å². The maximum atomic E-state index is 11.8. The van der Waals surface area contributed by atoms with Crippen molar-refractivity contribution in [1.29, 1.82) is 0 Å². The number of hydrogen-bond donors (Lipinski definition) is 1. The average molecular weight is 267 g/mol. The van der Waals surface area contributed by atoms with Gasteiger partial charge in [0, 0.05) is 16.7 Å². The average Bonchev–Trinajstić information content (AvgIpc) is 2.27. The molecule has 1 aromatic rings. The molecule has 0 saturated carbocycles. The lowest BCUT2D eigenvalue weighted by Gasteiger charge is -2.15. The number of aliphatic hydroxyl groups excluding tert-OH is 1. The van der Waals surface area contributed by atoms with Crippen LogP contribution in [0, 0.1) is 0 Å². The van der Waals surface area contributed by atoms with Crippen LogP contribution in [0.5, 0.6) is 0 Å². The molecule has 0 fully saturated rings. The number of carbonyl (C=O) groups is 2. The van der Waals surface area contributed by atoms with E-state index in [2.05, 4.69) is 15.9 Å². The fourth-order valence-electron chi connectivity index (χ4n) is 1.54. The summed E-state index contributed by atoms with van der Waals surface area (Å²) in [6.07, 6.45) is 0. The van der Waals surface area contributed by atoms with E-state index < -0.39 is 6.61 Å². The van der Waals surface area contributed by atoms with Crippen LogP contribution in [0.2, 0.25) is 0 Å². The first-order valence-electron chi connectivity index (χ1n) is 4.34. The van der Waals surface area contributed by atoms with Gasteiger partial charge in [-0.3, -0.25) is 9.59 Å². The number of allylic oxidation sites excluding steroid dienone is 1. The van der Waals surface area contributed by atoms with E-state index in [1.54, 1.807) is 24.3 Å². The second-order valence-electron chi connectivity index (χ2n) is 3.15. The Morgan fingerprint density at radius 1 is 1.07 bits per heavy atom. The number of hydrogen-bond acceptors (Lipinski definition) is 3. The van der Waals surface area contributed by atoms with Crippen LogP contribution in [-0.2, 0) is 0 Å². The molecule has 0 atom stereocenters. The molecule has 2 rings (SSSR count). The van der Waals surface area contributed by atoms with E-state index in [-0.39, 0.29) is 21.6 Å². The number of Topliss-reactive ketones (excluding diaryl/α,β-unsaturated/α-hetero) is 2. The topological polar surface area (TPSA) is 54.4 Å². The molecule has 0 amide bonds. The molecule has 0 unspecified atom stereocenters. The first-order chi connectivity index (χ1) is 7.16. The van der Waals surface area contributed by atoms with Gasteiger partial charge in [-0.15, -0.1) is 0 Å². The smallest absolute Gasteiger partial charge is 0.201 e. The summed E-state index contributed by atoms with van der Waals surface area (Å²) in [7, 11) is 0. The zero-order chi connectivity index (χ0) is 11.0. The SMILES string of the molecule is O=C1C(Br)=C(CO)C(=O)c2ccccc21. The molecule has 0 radical (unpaired) electrons. The molecule has 76 valence electrons. The van der Waals surface area contributed by atoms with Gasteiger partial charge < -0.3 is 5.11 Å². The summed E-state index contributed by atoms with van der Waals surface area (Å²) in [6, 6.07) is 6.59. The zero-order valence-electron chi connectivity index (χ0n) is 7.66. The van der Waals surface area contributed by atoms with Crippen LogP contribution in [0.3, 0.4) is 0 Å². The van der Waals surface area contributed by atoms with Crippen molar-refractivity contribution in [1.82, 2.24) is 0 Å². The van der Waals surface area contributed by atoms with Crippen molar-refractivity contribution in [3.63, 3.8) is 0 Å². The van der Waals surface area contributed by atoms with Crippen LogP contribution in [0.15, 0.2) is 34.3 Å². The second-order valence-corrected chi connectivity index (χ2v) is 3.95. The number of fused-ring (bicyclic) bond motifs is 1. The summed E-state index contributed by atoms with van der Waals surface area (Å²) in [5.74, 6) is -0.547. The largest absolute Gasteiger partial charge is 0.391 e. The minimum Gasteiger partial charge on any atom is -0.391 e. The fourth-order valence-corrected chi connectivity index (χ4v) is 2.06. The highest BCUT2D eigenvalue weighted by molar-refractivity contribution is 9.12. The Morgan fingerprint density at radius 3 is 2.13 bits per heavy atom. The first kappa shape index (κ1) is 10.3. The number of carbonyl (C=O) groups excluding carboxylic acids is 2. The van der Waals surface area contributed by atoms with Crippen molar-refractivity contribution < 1.29 is 14.7 Å². The van der Waals surface area contributed by atoms with Crippen molar-refractivity contribution in [3.05, 3.63) is 45.4 Å². The summed E-state index contributed by atoms with van der Waals surface area (Å²) in [6.45, 7) is -0.431. The Bertz CT molecular complexity index is 488. The van der Waals surface area contributed by atoms with Gasteiger partial charge in [-0.25, -0.2) is 0 Å². The number of aliphatic hydroxyl groups is 1. The van der Waals surface area contributed by atoms with Crippen LogP contribution in [0.1, 0.15) is 20.7 Å². The van der Waals surface area contributed by atoms with Gasteiger partial charge in [0.1, 0.15) is 0 Å². The number of rotatable bonds is 1. The van der Waals surface area contributed by atoms with Crippen LogP contribution in [0.4, 0.5) is 0 Å². The standard InChI is InChI=1S/C11H7BrO3/c12-9-8(5-13)10(14)6-3-1-2-4-7(6)11(9)15/h1-4,13H,5H2. The molecular formula is C11H7BrO3. The number of ketones is 2. The van der Waals surface area contributed by atoms with E-state index in [4.69, 9.17) is 5.11 Å². The Kier molecular flexibility index (Phi) is 2.54. The Morgan fingerprint density at radius 2 is 1.60 bits per heavy atom. The molecule has 1 N–H and O–H groups in total. The highest BCUT2D eigenvalue weighted by Crippen LogP contribution is 2.28. The van der Waals surface area contributed by atoms with Gasteiger partial charge in [-0.2, -0.15) is 0 Å². The van der Waals surface area contributed by atoms with Crippen molar-refractivity contribution in [3.8, 4) is 0 Å². The van der Waals surface area contributed by atoms with Gasteiger partial charge in [0.05, 0.1) is 11.1 Å². The van der Waals surface area contributed by atoms with Crippen LogP contribution in [-0.4, -0.2) is 23.3 Å². The molecule has 0 aromatic heterocycles. The van der Waals surface area contributed by atoms with Gasteiger partial charge in [-0.05, 0) is 15.9 Å². The van der Waals surface area contributed by atoms with Gasteiger partial charge >= 0.3 is 0 Å². The lowest BCUT2D eigenvalue weighted by atomic mass is 9.90. The molecule has 1 aliphatic carbocycles. The third kappa shape index (κ3) is 1.46. The minimum absolute atomic E-state index is 0.124. The van der Waals surface area contributed by atoms with Crippen molar-refractivity contribution >= 4 is 27.5 Å². The molecule has 3 nitrogen and oxygen atoms in total. The predicted molar refractivity (Wildman–Crippen MR) is 58.1 cm³/mol. The molecular weight excluding hydrogens is 260 g/mol. The number of benzene rings is 1. The molecule has 0 heterocycles. The highest BCUT2D eigenvalue weighted by Gasteiger charge is 2.29. The summed E-state index contributed by atoms with van der Waals surface area (Å²) in [5.41, 5.74) is 0.861. The van der Waals surface area contributed by atoms with Gasteiger partial charge in [0.2, 0.25) is 5.78 Å². The van der Waals surface area contributed by atoms with E-state index in [0.717, 1.165) is 0 Å². The quantitative estimate of drug-likeness (QED) is 0.842. The van der Waals surface area contributed by atoms with Gasteiger partial charge in [0.15, 0.2) is 5.78 Å². The van der Waals surface area contributed by atoms with E-state index >= 15 is 0 Å². The van der Waals surface area contributed by atoms with Crippen LogP contribution in [0.25, 0.3) is 0 Å². The second kappa shape index (κ2) is 3.72. The molecule has 1 aliphatic rings. The van der Waals surface area contributed by atoms with E-state index in [1.807, 2.05) is 0 Å². The summed E-state index contributed by atoms with van der Waals surface area (Å²) in [5, 5.41) is 9.01. The molecule has 0 saturated heterocycles. The summed E-state index contributed by atoms with van der Waals surface area (Å²) < 4.78 is 0.161. The first-order valence-corrected chi connectivity index (χ1v) is 5.14. The Hall–Kier alpha value is -1.26. The van der Waals surface area contributed by atoms with Gasteiger partial charge in [-0.1, -0.05) is 24.3 Å².